The summed E-state index contributed by atoms with van der Waals surface area (Å²) in [6, 6.07) is 6.94. The molecule has 19 heteroatoms. The first-order valence-electron chi connectivity index (χ1n) is 20.6. The number of anilines is 2. The number of piperazine rings is 1. The van der Waals surface area contributed by atoms with E-state index in [0.717, 1.165) is 29.8 Å². The van der Waals surface area contributed by atoms with Crippen molar-refractivity contribution < 1.29 is 31.5 Å². The summed E-state index contributed by atoms with van der Waals surface area (Å²) in [5.41, 5.74) is 3.45. The number of benzene rings is 2. The van der Waals surface area contributed by atoms with Crippen molar-refractivity contribution >= 4 is 39.7 Å². The minimum Gasteiger partial charge on any atom is -0.375 e. The zero-order chi connectivity index (χ0) is 43.6. The van der Waals surface area contributed by atoms with E-state index in [9.17, 15) is 22.4 Å². The number of fused-ring (bicyclic) bond motifs is 4. The van der Waals surface area contributed by atoms with Crippen LogP contribution in [0.1, 0.15) is 32.5 Å². The maximum atomic E-state index is 15.3. The molecule has 5 atom stereocenters. The molecule has 3 aliphatic heterocycles. The number of piperidine rings is 1. The second-order valence-electron chi connectivity index (χ2n) is 16.4. The highest BCUT2D eigenvalue weighted by Gasteiger charge is 2.49. The van der Waals surface area contributed by atoms with Gasteiger partial charge in [0.05, 0.1) is 59.1 Å². The molecule has 1 amide bonds. The molecule has 324 valence electrons. The number of amides is 1. The predicted molar refractivity (Wildman–Crippen MR) is 221 cm³/mol. The van der Waals surface area contributed by atoms with E-state index in [-0.39, 0.29) is 54.6 Å². The van der Waals surface area contributed by atoms with Crippen molar-refractivity contribution in [3.05, 3.63) is 90.7 Å². The van der Waals surface area contributed by atoms with Crippen LogP contribution in [-0.2, 0) is 16.1 Å². The van der Waals surface area contributed by atoms with Crippen molar-refractivity contribution in [2.24, 2.45) is 5.92 Å². The molecule has 6 aromatic rings. The zero-order valence-electron chi connectivity index (χ0n) is 34.6. The summed E-state index contributed by atoms with van der Waals surface area (Å²) in [7, 11) is 1.96. The van der Waals surface area contributed by atoms with Gasteiger partial charge in [0.2, 0.25) is 5.95 Å². The number of nitrogens with zero attached hydrogens (tertiary/aromatic N) is 12. The highest BCUT2D eigenvalue weighted by Crippen LogP contribution is 2.41. The van der Waals surface area contributed by atoms with Gasteiger partial charge in [0, 0.05) is 69.4 Å². The smallest absolute Gasteiger partial charge is 0.315 e. The standard InChI is InChI=1S/C43H45F5N12O2/c1-6-62-30(21-57-25(4)52-35-14-27(45)12-31(38(35)57)34-9-10-49-22-50-34)20-55(5)24(3)37-11-23(2)17-58(37)40-32-16-51-60(36-8-7-26(44)13-33(36)46)41(32)54-43(53-40)59-28-15-29(59)19-56(18-28)42(61)39(47)48/h7-10,12-14,16,22-23,28-30,37,39H,3,6,11,15,17-21H2,1-2,4-5H3/t23?,28?,29?,30-,37-/m0/s1. The van der Waals surface area contributed by atoms with Crippen molar-refractivity contribution in [2.45, 2.75) is 70.8 Å². The van der Waals surface area contributed by atoms with Gasteiger partial charge in [-0.15, -0.1) is 0 Å². The average Bonchev–Trinajstić information content (AvgIpc) is 3.94. The quantitative estimate of drug-likeness (QED) is 0.124. The monoisotopic (exact) mass is 856 g/mol. The lowest BCUT2D eigenvalue weighted by Gasteiger charge is -2.56. The van der Waals surface area contributed by atoms with Gasteiger partial charge in [0.1, 0.15) is 35.3 Å². The summed E-state index contributed by atoms with van der Waals surface area (Å²) in [4.78, 5) is 42.7. The average molecular weight is 857 g/mol. The van der Waals surface area contributed by atoms with Crippen LogP contribution in [0.15, 0.2) is 67.4 Å². The van der Waals surface area contributed by atoms with E-state index < -0.39 is 29.8 Å². The molecule has 14 nitrogen and oxygen atoms in total. The predicted octanol–water partition coefficient (Wildman–Crippen LogP) is 6.17. The highest BCUT2D eigenvalue weighted by molar-refractivity contribution is 5.92. The number of carbonyl (C=O) groups excluding carboxylic acids is 1. The molecule has 0 N–H and O–H groups in total. The third-order valence-corrected chi connectivity index (χ3v) is 12.2. The maximum Gasteiger partial charge on any atom is 0.315 e. The molecule has 7 heterocycles. The van der Waals surface area contributed by atoms with Crippen LogP contribution in [0.4, 0.5) is 33.7 Å². The van der Waals surface area contributed by atoms with Crippen LogP contribution < -0.4 is 9.80 Å². The Balaban J connectivity index is 1.04. The largest absolute Gasteiger partial charge is 0.375 e. The number of halogens is 5. The number of likely N-dealkylation sites (tertiary alicyclic amines) is 1. The number of hydrogen-bond donors (Lipinski definition) is 0. The summed E-state index contributed by atoms with van der Waals surface area (Å²) in [5.74, 6) is -1.50. The fraction of sp³-hybridized carbons (Fsp3) is 0.419. The van der Waals surface area contributed by atoms with E-state index in [4.69, 9.17) is 19.7 Å². The summed E-state index contributed by atoms with van der Waals surface area (Å²) < 4.78 is 80.8. The van der Waals surface area contributed by atoms with E-state index >= 15 is 4.39 Å². The van der Waals surface area contributed by atoms with Crippen molar-refractivity contribution in [1.29, 1.82) is 0 Å². The van der Waals surface area contributed by atoms with Gasteiger partial charge in [-0.3, -0.25) is 4.79 Å². The third kappa shape index (κ3) is 7.34. The first-order valence-corrected chi connectivity index (χ1v) is 20.6. The molecule has 3 unspecified atom stereocenters. The fourth-order valence-electron chi connectivity index (χ4n) is 9.39. The number of aromatic nitrogens is 8. The van der Waals surface area contributed by atoms with Gasteiger partial charge in [0.15, 0.2) is 11.5 Å². The maximum absolute atomic E-state index is 15.3. The van der Waals surface area contributed by atoms with Crippen LogP contribution in [0.2, 0.25) is 0 Å². The van der Waals surface area contributed by atoms with E-state index in [1.807, 2.05) is 30.4 Å². The van der Waals surface area contributed by atoms with Gasteiger partial charge in [0.25, 0.3) is 5.91 Å². The van der Waals surface area contributed by atoms with Crippen molar-refractivity contribution in [2.75, 3.05) is 49.6 Å². The van der Waals surface area contributed by atoms with Crippen molar-refractivity contribution in [3.8, 4) is 16.9 Å². The number of hydrogen-bond acceptors (Lipinski definition) is 11. The lowest BCUT2D eigenvalue weighted by molar-refractivity contribution is -0.146. The van der Waals surface area contributed by atoms with Crippen LogP contribution in [0.25, 0.3) is 39.0 Å². The number of rotatable bonds is 13. The van der Waals surface area contributed by atoms with Crippen LogP contribution in [0, 0.1) is 30.3 Å². The summed E-state index contributed by atoms with van der Waals surface area (Å²) in [6.45, 7) is 12.6. The second-order valence-corrected chi connectivity index (χ2v) is 16.4. The number of carbonyl (C=O) groups is 1. The van der Waals surface area contributed by atoms with E-state index in [1.165, 1.54) is 34.1 Å². The third-order valence-electron chi connectivity index (χ3n) is 12.2. The molecule has 4 aromatic heterocycles. The summed E-state index contributed by atoms with van der Waals surface area (Å²) >= 11 is 0. The van der Waals surface area contributed by atoms with Crippen LogP contribution in [-0.4, -0.2) is 125 Å². The molecule has 3 aliphatic rings. The molecule has 2 bridgehead atoms. The number of alkyl halides is 2. The SMILES string of the molecule is C=C([C@@H]1CC(C)CN1c1nc(N2C3CC2CN(C(=O)C(F)F)C3)nc2c1cnn2-c1ccc(F)cc1F)N(C)C[C@@H](Cn1c(C)nc2cc(F)cc(-c3ccncn3)c21)OCC. The lowest BCUT2D eigenvalue weighted by Crippen LogP contribution is -2.70. The van der Waals surface area contributed by atoms with Crippen LogP contribution in [0.5, 0.6) is 0 Å². The topological polar surface area (TPSA) is 126 Å². The molecule has 0 saturated carbocycles. The van der Waals surface area contributed by atoms with Crippen molar-refractivity contribution in [1.82, 2.24) is 49.1 Å². The Morgan fingerprint density at radius 3 is 2.52 bits per heavy atom. The Labute approximate surface area is 353 Å². The van der Waals surface area contributed by atoms with Crippen LogP contribution in [0.3, 0.4) is 0 Å². The van der Waals surface area contributed by atoms with Gasteiger partial charge >= 0.3 is 6.43 Å². The lowest BCUT2D eigenvalue weighted by atomic mass is 9.88. The van der Waals surface area contributed by atoms with Crippen molar-refractivity contribution in [3.63, 3.8) is 0 Å². The van der Waals surface area contributed by atoms with Gasteiger partial charge in [-0.1, -0.05) is 13.5 Å². The molecule has 2 aromatic carbocycles. The van der Waals surface area contributed by atoms with E-state index in [0.29, 0.717) is 72.4 Å². The van der Waals surface area contributed by atoms with E-state index in [1.54, 1.807) is 18.5 Å². The van der Waals surface area contributed by atoms with Crippen LogP contribution >= 0.6 is 0 Å². The first kappa shape index (κ1) is 41.1. The molecule has 0 radical (unpaired) electrons. The Kier molecular flexibility index (Phi) is 10.8. The zero-order valence-corrected chi connectivity index (χ0v) is 34.6. The Morgan fingerprint density at radius 1 is 1.02 bits per heavy atom. The molecular formula is C43H45F5N12O2. The van der Waals surface area contributed by atoms with Gasteiger partial charge in [-0.05, 0) is 56.9 Å². The molecule has 62 heavy (non-hydrogen) atoms. The number of likely N-dealkylation sites (N-methyl/N-ethyl adjacent to an activating group) is 1. The molecule has 3 saturated heterocycles. The van der Waals surface area contributed by atoms with E-state index in [2.05, 4.69) is 38.4 Å². The molecular weight excluding hydrogens is 812 g/mol. The van der Waals surface area contributed by atoms with Gasteiger partial charge in [-0.2, -0.15) is 23.8 Å². The molecule has 0 aliphatic carbocycles. The number of ether oxygens (including phenoxy) is 1. The van der Waals surface area contributed by atoms with Gasteiger partial charge < -0.3 is 28.9 Å². The number of aryl methyl sites for hydroxylation is 1. The summed E-state index contributed by atoms with van der Waals surface area (Å²) in [6.07, 6.45) is 2.53. The molecule has 9 rings (SSSR count). The minimum atomic E-state index is -3.10. The molecule has 0 spiro atoms. The Bertz CT molecular complexity index is 2660. The molecule has 3 fully saturated rings. The Hall–Kier alpha value is -6.24. The minimum absolute atomic E-state index is 0.0119. The Morgan fingerprint density at radius 2 is 1.81 bits per heavy atom. The van der Waals surface area contributed by atoms with Gasteiger partial charge in [-0.25, -0.2) is 32.8 Å². The highest BCUT2D eigenvalue weighted by atomic mass is 19.3. The summed E-state index contributed by atoms with van der Waals surface area (Å²) in [5, 5.41) is 5.05. The fourth-order valence-corrected chi connectivity index (χ4v) is 9.39. The first-order chi connectivity index (χ1) is 29.8. The normalized spacial score (nSPS) is 20.4. The second kappa shape index (κ2) is 16.2. The number of imidazole rings is 1.